The number of rotatable bonds is 9. The maximum atomic E-state index is 11.9. The number of quaternary nitrogens is 1. The predicted molar refractivity (Wildman–Crippen MR) is 63.0 cm³/mol. The van der Waals surface area contributed by atoms with Crippen LogP contribution in [0.1, 0.15) is 59.3 Å². The van der Waals surface area contributed by atoms with E-state index in [2.05, 4.69) is 6.92 Å². The molecular formula is C12H27NO. The summed E-state index contributed by atoms with van der Waals surface area (Å²) in [5, 5.41) is 11.9. The highest BCUT2D eigenvalue weighted by molar-refractivity contribution is 4.46. The van der Waals surface area contributed by atoms with Crippen LogP contribution in [0.5, 0.6) is 0 Å². The Labute approximate surface area is 89.5 Å². The fraction of sp³-hybridized carbons (Fsp3) is 1.00. The van der Waals surface area contributed by atoms with Gasteiger partial charge in [-0.3, -0.25) is 0 Å². The van der Waals surface area contributed by atoms with E-state index in [1.807, 2.05) is 13.8 Å². The van der Waals surface area contributed by atoms with Gasteiger partial charge in [-0.25, -0.2) is 0 Å². The minimum Gasteiger partial charge on any atom is -0.633 e. The number of hydrogen-bond acceptors (Lipinski definition) is 1. The topological polar surface area (TPSA) is 23.1 Å². The standard InChI is InChI=1S/C12H27NO/c1-4-7-8-9-10-11-12-13(14,5-2)6-3/h4-12H2,1-3H3. The largest absolute Gasteiger partial charge is 0.633 e. The first-order valence-electron chi connectivity index (χ1n) is 6.25. The number of hydrogen-bond donors (Lipinski definition) is 0. The minimum atomic E-state index is 0.00772. The Bertz CT molecular complexity index is 121. The third kappa shape index (κ3) is 6.39. The third-order valence-electron chi connectivity index (χ3n) is 3.07. The molecule has 0 heterocycles. The average molecular weight is 201 g/mol. The van der Waals surface area contributed by atoms with Crippen LogP contribution in [0, 0.1) is 5.21 Å². The van der Waals surface area contributed by atoms with E-state index in [9.17, 15) is 5.21 Å². The molecule has 2 heteroatoms. The van der Waals surface area contributed by atoms with Gasteiger partial charge in [0.05, 0.1) is 19.6 Å². The molecule has 14 heavy (non-hydrogen) atoms. The van der Waals surface area contributed by atoms with Crippen molar-refractivity contribution in [2.45, 2.75) is 59.3 Å². The van der Waals surface area contributed by atoms with Crippen molar-refractivity contribution in [3.63, 3.8) is 0 Å². The summed E-state index contributed by atoms with van der Waals surface area (Å²) in [4.78, 5) is 0. The average Bonchev–Trinajstić information content (AvgIpc) is 2.23. The van der Waals surface area contributed by atoms with Gasteiger partial charge in [0.1, 0.15) is 0 Å². The number of hydroxylamine groups is 3. The number of unbranched alkanes of at least 4 members (excludes halogenated alkanes) is 5. The summed E-state index contributed by atoms with van der Waals surface area (Å²) >= 11 is 0. The van der Waals surface area contributed by atoms with Crippen LogP contribution in [0.2, 0.25) is 0 Å². The Morgan fingerprint density at radius 3 is 1.79 bits per heavy atom. The smallest absolute Gasteiger partial charge is 0.0783 e. The molecule has 0 aliphatic rings. The predicted octanol–water partition coefficient (Wildman–Crippen LogP) is 3.70. The van der Waals surface area contributed by atoms with Gasteiger partial charge in [0.25, 0.3) is 0 Å². The Hall–Kier alpha value is -0.0800. The van der Waals surface area contributed by atoms with Crippen LogP contribution in [0.4, 0.5) is 0 Å². The normalized spacial score (nSPS) is 12.0. The van der Waals surface area contributed by atoms with Gasteiger partial charge in [-0.2, -0.15) is 0 Å². The second kappa shape index (κ2) is 8.25. The van der Waals surface area contributed by atoms with Crippen molar-refractivity contribution in [3.8, 4) is 0 Å². The first kappa shape index (κ1) is 13.9. The minimum absolute atomic E-state index is 0.00772. The van der Waals surface area contributed by atoms with Gasteiger partial charge in [-0.1, -0.05) is 32.6 Å². The zero-order valence-electron chi connectivity index (χ0n) is 10.2. The van der Waals surface area contributed by atoms with Crippen LogP contribution in [0.25, 0.3) is 0 Å². The quantitative estimate of drug-likeness (QED) is 0.317. The molecule has 0 fully saturated rings. The number of nitrogens with zero attached hydrogens (tertiary/aromatic N) is 1. The van der Waals surface area contributed by atoms with Crippen molar-refractivity contribution < 1.29 is 4.65 Å². The molecule has 0 N–H and O–H groups in total. The molecule has 0 aromatic carbocycles. The van der Waals surface area contributed by atoms with Gasteiger partial charge in [0, 0.05) is 0 Å². The maximum absolute atomic E-state index is 11.9. The molecule has 0 radical (unpaired) electrons. The highest BCUT2D eigenvalue weighted by atomic mass is 16.5. The van der Waals surface area contributed by atoms with Crippen molar-refractivity contribution in [1.29, 1.82) is 0 Å². The van der Waals surface area contributed by atoms with Gasteiger partial charge in [0.2, 0.25) is 0 Å². The summed E-state index contributed by atoms with van der Waals surface area (Å²) in [6.07, 6.45) is 7.64. The molecule has 0 aromatic rings. The van der Waals surface area contributed by atoms with Crippen molar-refractivity contribution in [1.82, 2.24) is 0 Å². The summed E-state index contributed by atoms with van der Waals surface area (Å²) in [5.74, 6) is 0. The second-order valence-electron chi connectivity index (χ2n) is 4.18. The fourth-order valence-electron chi connectivity index (χ4n) is 1.72. The van der Waals surface area contributed by atoms with Crippen LogP contribution in [-0.4, -0.2) is 24.3 Å². The summed E-state index contributed by atoms with van der Waals surface area (Å²) < 4.78 is 0.00772. The Balaban J connectivity index is 3.34. The van der Waals surface area contributed by atoms with Crippen LogP contribution < -0.4 is 0 Å². The lowest BCUT2D eigenvalue weighted by Gasteiger charge is -2.41. The lowest BCUT2D eigenvalue weighted by atomic mass is 10.1. The Morgan fingerprint density at radius 2 is 1.29 bits per heavy atom. The van der Waals surface area contributed by atoms with Crippen LogP contribution >= 0.6 is 0 Å². The summed E-state index contributed by atoms with van der Waals surface area (Å²) in [5.41, 5.74) is 0. The van der Waals surface area contributed by atoms with Crippen molar-refractivity contribution >= 4 is 0 Å². The van der Waals surface area contributed by atoms with E-state index >= 15 is 0 Å². The van der Waals surface area contributed by atoms with Gasteiger partial charge in [0.15, 0.2) is 0 Å². The Kier molecular flexibility index (Phi) is 8.20. The van der Waals surface area contributed by atoms with Crippen LogP contribution in [0.3, 0.4) is 0 Å². The fourth-order valence-corrected chi connectivity index (χ4v) is 1.72. The zero-order valence-corrected chi connectivity index (χ0v) is 10.2. The third-order valence-corrected chi connectivity index (χ3v) is 3.07. The van der Waals surface area contributed by atoms with E-state index in [1.165, 1.54) is 32.1 Å². The molecule has 0 spiro atoms. The molecule has 0 rings (SSSR count). The molecule has 0 saturated heterocycles. The molecule has 0 aromatic heterocycles. The monoisotopic (exact) mass is 201 g/mol. The first-order chi connectivity index (χ1) is 6.68. The lowest BCUT2D eigenvalue weighted by Crippen LogP contribution is -2.42. The van der Waals surface area contributed by atoms with Gasteiger partial charge in [-0.05, 0) is 26.7 Å². The SMILES string of the molecule is CCCCCCCC[N+]([O-])(CC)CC. The zero-order chi connectivity index (χ0) is 10.9. The Morgan fingerprint density at radius 1 is 0.786 bits per heavy atom. The van der Waals surface area contributed by atoms with Gasteiger partial charge >= 0.3 is 0 Å². The second-order valence-corrected chi connectivity index (χ2v) is 4.18. The first-order valence-corrected chi connectivity index (χ1v) is 6.25. The highest BCUT2D eigenvalue weighted by Crippen LogP contribution is 2.10. The molecule has 0 amide bonds. The van der Waals surface area contributed by atoms with E-state index in [1.54, 1.807) is 0 Å². The molecule has 0 aliphatic heterocycles. The van der Waals surface area contributed by atoms with Crippen LogP contribution in [-0.2, 0) is 0 Å². The summed E-state index contributed by atoms with van der Waals surface area (Å²) in [7, 11) is 0. The van der Waals surface area contributed by atoms with Crippen molar-refractivity contribution in [2.24, 2.45) is 0 Å². The molecular weight excluding hydrogens is 174 g/mol. The highest BCUT2D eigenvalue weighted by Gasteiger charge is 2.09. The van der Waals surface area contributed by atoms with E-state index in [4.69, 9.17) is 0 Å². The lowest BCUT2D eigenvalue weighted by molar-refractivity contribution is -0.877. The molecule has 0 unspecified atom stereocenters. The van der Waals surface area contributed by atoms with Crippen molar-refractivity contribution in [2.75, 3.05) is 19.6 Å². The summed E-state index contributed by atoms with van der Waals surface area (Å²) in [6, 6.07) is 0. The molecule has 0 bridgehead atoms. The van der Waals surface area contributed by atoms with Gasteiger partial charge < -0.3 is 9.85 Å². The van der Waals surface area contributed by atoms with Crippen molar-refractivity contribution in [3.05, 3.63) is 5.21 Å². The summed E-state index contributed by atoms with van der Waals surface area (Å²) in [6.45, 7) is 8.49. The van der Waals surface area contributed by atoms with Crippen LogP contribution in [0.15, 0.2) is 0 Å². The van der Waals surface area contributed by atoms with E-state index < -0.39 is 0 Å². The molecule has 0 aliphatic carbocycles. The van der Waals surface area contributed by atoms with E-state index in [0.717, 1.165) is 26.1 Å². The van der Waals surface area contributed by atoms with E-state index in [0.29, 0.717) is 0 Å². The van der Waals surface area contributed by atoms with E-state index in [-0.39, 0.29) is 4.65 Å². The molecule has 86 valence electrons. The molecule has 0 atom stereocenters. The molecule has 2 nitrogen and oxygen atoms in total. The maximum Gasteiger partial charge on any atom is 0.0783 e. The van der Waals surface area contributed by atoms with Gasteiger partial charge in [-0.15, -0.1) is 0 Å². The molecule has 0 saturated carbocycles.